The molecule has 1 saturated heterocycles. The monoisotopic (exact) mass is 282 g/mol. The highest BCUT2D eigenvalue weighted by Gasteiger charge is 2.19. The lowest BCUT2D eigenvalue weighted by Gasteiger charge is -2.29. The summed E-state index contributed by atoms with van der Waals surface area (Å²) in [5.74, 6) is 1.79. The number of aromatic amines is 1. The Kier molecular flexibility index (Phi) is 2.93. The van der Waals surface area contributed by atoms with Crippen molar-refractivity contribution in [2.45, 2.75) is 18.9 Å². The molecule has 108 valence electrons. The molecular weight excluding hydrogens is 264 g/mol. The van der Waals surface area contributed by atoms with Crippen LogP contribution in [0, 0.1) is 0 Å². The first kappa shape index (κ1) is 12.5. The number of nitrogens with two attached hydrogens (primary N) is 1. The maximum absolute atomic E-state index is 5.94. The zero-order valence-electron chi connectivity index (χ0n) is 11.7. The average molecular weight is 282 g/mol. The van der Waals surface area contributed by atoms with Gasteiger partial charge < -0.3 is 15.1 Å². The lowest BCUT2D eigenvalue weighted by atomic mass is 10.1. The lowest BCUT2D eigenvalue weighted by Crippen LogP contribution is -2.39. The number of anilines is 1. The summed E-state index contributed by atoms with van der Waals surface area (Å²) in [5, 5.41) is 8.59. The van der Waals surface area contributed by atoms with Crippen molar-refractivity contribution >= 4 is 16.8 Å². The van der Waals surface area contributed by atoms with E-state index in [2.05, 4.69) is 21.2 Å². The summed E-state index contributed by atoms with van der Waals surface area (Å²) in [7, 11) is 0. The van der Waals surface area contributed by atoms with Crippen molar-refractivity contribution in [3.05, 3.63) is 36.4 Å². The fourth-order valence-electron chi connectivity index (χ4n) is 2.84. The molecule has 1 aliphatic rings. The predicted octanol–water partition coefficient (Wildman–Crippen LogP) is 2.75. The molecule has 0 atom stereocenters. The molecule has 0 radical (unpaired) electrons. The lowest BCUT2D eigenvalue weighted by molar-refractivity contribution is 0.498. The number of nitrogens with zero attached hydrogens (tertiary/aromatic N) is 2. The van der Waals surface area contributed by atoms with Crippen molar-refractivity contribution < 1.29 is 4.42 Å². The molecule has 0 amide bonds. The third-order valence-corrected chi connectivity index (χ3v) is 4.12. The topological polar surface area (TPSA) is 71.1 Å². The fraction of sp³-hybridized carbons (Fsp3) is 0.312. The standard InChI is InChI=1S/C16H18N4O/c17-12-5-7-20(8-6-12)16-10-13(18-19-16)15-9-11-3-1-2-4-14(11)21-15/h1-4,9-10,12H,5-8,17H2,(H,18,19). The van der Waals surface area contributed by atoms with E-state index in [1.54, 1.807) is 0 Å². The number of aromatic nitrogens is 2. The highest BCUT2D eigenvalue weighted by molar-refractivity contribution is 5.82. The first-order chi connectivity index (χ1) is 10.3. The van der Waals surface area contributed by atoms with Crippen LogP contribution in [0.4, 0.5) is 5.82 Å². The molecule has 2 aromatic heterocycles. The number of fused-ring (bicyclic) bond motifs is 1. The van der Waals surface area contributed by atoms with Gasteiger partial charge in [0.05, 0.1) is 0 Å². The largest absolute Gasteiger partial charge is 0.454 e. The Hall–Kier alpha value is -2.27. The number of benzene rings is 1. The van der Waals surface area contributed by atoms with E-state index in [1.165, 1.54) is 0 Å². The van der Waals surface area contributed by atoms with Crippen LogP contribution in [0.1, 0.15) is 12.8 Å². The Balaban J connectivity index is 1.61. The number of furan rings is 1. The van der Waals surface area contributed by atoms with Gasteiger partial charge in [-0.25, -0.2) is 0 Å². The first-order valence-corrected chi connectivity index (χ1v) is 7.34. The Bertz CT molecular complexity index is 719. The highest BCUT2D eigenvalue weighted by Crippen LogP contribution is 2.29. The molecule has 21 heavy (non-hydrogen) atoms. The minimum Gasteiger partial charge on any atom is -0.454 e. The van der Waals surface area contributed by atoms with Gasteiger partial charge in [0.1, 0.15) is 11.3 Å². The predicted molar refractivity (Wildman–Crippen MR) is 83.2 cm³/mol. The molecule has 1 aromatic carbocycles. The van der Waals surface area contributed by atoms with Gasteiger partial charge in [-0.3, -0.25) is 5.10 Å². The van der Waals surface area contributed by atoms with Crippen LogP contribution in [0.25, 0.3) is 22.4 Å². The van der Waals surface area contributed by atoms with Gasteiger partial charge in [0, 0.05) is 30.6 Å². The molecule has 4 rings (SSSR count). The molecule has 0 saturated carbocycles. The quantitative estimate of drug-likeness (QED) is 0.758. The third-order valence-electron chi connectivity index (χ3n) is 4.12. The number of para-hydroxylation sites is 1. The SMILES string of the molecule is NC1CCN(c2cc(-c3cc4ccccc4o3)[nH]n2)CC1. The molecule has 0 unspecified atom stereocenters. The highest BCUT2D eigenvalue weighted by atomic mass is 16.3. The second kappa shape index (κ2) is 4.93. The summed E-state index contributed by atoms with van der Waals surface area (Å²) in [4.78, 5) is 2.27. The summed E-state index contributed by atoms with van der Waals surface area (Å²) in [6.07, 6.45) is 2.04. The van der Waals surface area contributed by atoms with E-state index in [1.807, 2.05) is 30.3 Å². The van der Waals surface area contributed by atoms with Gasteiger partial charge in [-0.05, 0) is 25.0 Å². The van der Waals surface area contributed by atoms with Gasteiger partial charge in [-0.15, -0.1) is 0 Å². The number of hydrogen-bond acceptors (Lipinski definition) is 4. The summed E-state index contributed by atoms with van der Waals surface area (Å²) >= 11 is 0. The van der Waals surface area contributed by atoms with Crippen LogP contribution >= 0.6 is 0 Å². The van der Waals surface area contributed by atoms with Crippen molar-refractivity contribution in [2.24, 2.45) is 5.73 Å². The molecule has 1 aliphatic heterocycles. The summed E-state index contributed by atoms with van der Waals surface area (Å²) < 4.78 is 5.86. The summed E-state index contributed by atoms with van der Waals surface area (Å²) in [5.41, 5.74) is 7.75. The zero-order valence-corrected chi connectivity index (χ0v) is 11.7. The molecule has 0 bridgehead atoms. The molecule has 3 aromatic rings. The number of nitrogens with one attached hydrogen (secondary N) is 1. The number of hydrogen-bond donors (Lipinski definition) is 2. The molecule has 5 heteroatoms. The van der Waals surface area contributed by atoms with Crippen molar-refractivity contribution in [3.63, 3.8) is 0 Å². The Labute approximate surface area is 122 Å². The van der Waals surface area contributed by atoms with E-state index in [-0.39, 0.29) is 0 Å². The van der Waals surface area contributed by atoms with E-state index in [4.69, 9.17) is 10.2 Å². The second-order valence-electron chi connectivity index (χ2n) is 5.61. The van der Waals surface area contributed by atoms with Crippen LogP contribution in [-0.4, -0.2) is 29.3 Å². The Morgan fingerprint density at radius 3 is 2.81 bits per heavy atom. The zero-order chi connectivity index (χ0) is 14.2. The molecule has 5 nitrogen and oxygen atoms in total. The molecule has 3 heterocycles. The van der Waals surface area contributed by atoms with Gasteiger partial charge in [-0.2, -0.15) is 5.10 Å². The van der Waals surface area contributed by atoms with Crippen LogP contribution in [0.5, 0.6) is 0 Å². The van der Waals surface area contributed by atoms with Gasteiger partial charge in [-0.1, -0.05) is 18.2 Å². The smallest absolute Gasteiger partial charge is 0.153 e. The second-order valence-corrected chi connectivity index (χ2v) is 5.61. The third kappa shape index (κ3) is 2.29. The van der Waals surface area contributed by atoms with Crippen LogP contribution in [0.3, 0.4) is 0 Å². The number of H-pyrrole nitrogens is 1. The van der Waals surface area contributed by atoms with Crippen molar-refractivity contribution in [1.29, 1.82) is 0 Å². The van der Waals surface area contributed by atoms with Crippen LogP contribution in [0.2, 0.25) is 0 Å². The Morgan fingerprint density at radius 2 is 2.00 bits per heavy atom. The minimum absolute atomic E-state index is 0.329. The minimum atomic E-state index is 0.329. The number of piperidine rings is 1. The molecular formula is C16H18N4O. The fourth-order valence-corrected chi connectivity index (χ4v) is 2.84. The van der Waals surface area contributed by atoms with Crippen molar-refractivity contribution in [2.75, 3.05) is 18.0 Å². The van der Waals surface area contributed by atoms with Crippen molar-refractivity contribution in [1.82, 2.24) is 10.2 Å². The number of rotatable bonds is 2. The van der Waals surface area contributed by atoms with Gasteiger partial charge >= 0.3 is 0 Å². The average Bonchev–Trinajstić information content (AvgIpc) is 3.14. The molecule has 0 aliphatic carbocycles. The van der Waals surface area contributed by atoms with Crippen molar-refractivity contribution in [3.8, 4) is 11.5 Å². The van der Waals surface area contributed by atoms with Gasteiger partial charge in [0.2, 0.25) is 0 Å². The molecule has 3 N–H and O–H groups in total. The van der Waals surface area contributed by atoms with Crippen LogP contribution in [-0.2, 0) is 0 Å². The summed E-state index contributed by atoms with van der Waals surface area (Å²) in [6, 6.07) is 12.4. The van der Waals surface area contributed by atoms with E-state index < -0.39 is 0 Å². The van der Waals surface area contributed by atoms with Gasteiger partial charge in [0.25, 0.3) is 0 Å². The van der Waals surface area contributed by atoms with E-state index >= 15 is 0 Å². The van der Waals surface area contributed by atoms with Crippen LogP contribution < -0.4 is 10.6 Å². The van der Waals surface area contributed by atoms with Crippen LogP contribution in [0.15, 0.2) is 40.8 Å². The van der Waals surface area contributed by atoms with E-state index in [9.17, 15) is 0 Å². The molecule has 0 spiro atoms. The van der Waals surface area contributed by atoms with E-state index in [0.717, 1.165) is 54.2 Å². The molecule has 1 fully saturated rings. The maximum atomic E-state index is 5.94. The maximum Gasteiger partial charge on any atom is 0.153 e. The summed E-state index contributed by atoms with van der Waals surface area (Å²) in [6.45, 7) is 1.93. The normalized spacial score (nSPS) is 16.7. The van der Waals surface area contributed by atoms with E-state index in [0.29, 0.717) is 6.04 Å². The van der Waals surface area contributed by atoms with Gasteiger partial charge in [0.15, 0.2) is 11.6 Å². The Morgan fingerprint density at radius 1 is 1.19 bits per heavy atom. The first-order valence-electron chi connectivity index (χ1n) is 7.34.